The molecule has 0 bridgehead atoms. The first kappa shape index (κ1) is 76.6. The normalized spacial score (nSPS) is 8.63. The van der Waals surface area contributed by atoms with E-state index >= 15 is 0 Å². The maximum Gasteiger partial charge on any atom is 3.00 e. The van der Waals surface area contributed by atoms with E-state index in [0.717, 1.165) is 0 Å². The van der Waals surface area contributed by atoms with Crippen molar-refractivity contribution in [1.82, 2.24) is 0 Å². The molecule has 0 unspecified atom stereocenters. The Bertz CT molecular complexity index is 1600. The Kier molecular flexibility index (Phi) is 42.6. The number of aromatic carboxylic acids is 6. The van der Waals surface area contributed by atoms with Crippen molar-refractivity contribution in [3.8, 4) is 0 Å². The van der Waals surface area contributed by atoms with E-state index in [0.29, 0.717) is 0 Å². The summed E-state index contributed by atoms with van der Waals surface area (Å²) >= 11 is 66.9. The Morgan fingerprint density at radius 1 is 0.298 bits per heavy atom. The van der Waals surface area contributed by atoms with Gasteiger partial charge in [0.1, 0.15) is 0 Å². The molecule has 0 aliphatic rings. The van der Waals surface area contributed by atoms with Crippen molar-refractivity contribution in [3.05, 3.63) is 93.7 Å². The van der Waals surface area contributed by atoms with Crippen LogP contribution in [0.1, 0.15) is 62.1 Å². The summed E-state index contributed by atoms with van der Waals surface area (Å²) in [4.78, 5) is 64.7. The third-order valence-corrected chi connectivity index (χ3v) is 10.5. The molecule has 3 rings (SSSR count). The van der Waals surface area contributed by atoms with Crippen LogP contribution in [0, 0.1) is 37.3 Å². The second-order valence-corrected chi connectivity index (χ2v) is 12.3. The van der Waals surface area contributed by atoms with Crippen LogP contribution >= 0.6 is 139 Å². The molecule has 33 heteroatoms. The van der Waals surface area contributed by atoms with Crippen LogP contribution in [0.5, 0.6) is 0 Å². The number of carbonyl (C=O) groups excluding carboxylic acids is 3. The van der Waals surface area contributed by atoms with E-state index in [-0.39, 0.29) is 111 Å². The van der Waals surface area contributed by atoms with Crippen molar-refractivity contribution in [3.63, 3.8) is 0 Å². The molecule has 0 spiro atoms. The molecule has 3 aromatic rings. The van der Waals surface area contributed by atoms with E-state index in [4.69, 9.17) is 155 Å². The van der Waals surface area contributed by atoms with E-state index in [1.807, 2.05) is 0 Å². The van der Waals surface area contributed by atoms with Gasteiger partial charge < -0.3 is 88.8 Å². The predicted octanol–water partition coefficient (Wildman–Crippen LogP) is -0.192. The zero-order valence-electron chi connectivity index (χ0n) is 26.4. The third-order valence-electron chi connectivity index (χ3n) is 5.06. The van der Waals surface area contributed by atoms with Crippen LogP contribution in [0.2, 0.25) is 60.3 Å². The van der Waals surface area contributed by atoms with Gasteiger partial charge in [-0.1, -0.05) is 139 Å². The molecule has 0 saturated heterocycles. The fourth-order valence-corrected chi connectivity index (χ4v) is 6.10. The number of carbonyl (C=O) groups is 6. The molecular formula is C24H26Cl12ErO20+7. The van der Waals surface area contributed by atoms with Crippen molar-refractivity contribution in [2.45, 2.75) is 0 Å². The molecule has 0 heterocycles. The Morgan fingerprint density at radius 3 is 0.526 bits per heavy atom. The number of benzene rings is 3. The monoisotopic (exact) mass is 1220 g/mol. The van der Waals surface area contributed by atoms with Gasteiger partial charge in [-0.05, 0) is 0 Å². The maximum absolute atomic E-state index is 10.9. The fourth-order valence-electron chi connectivity index (χ4n) is 3.07. The third kappa shape index (κ3) is 17.1. The van der Waals surface area contributed by atoms with Gasteiger partial charge in [0, 0.05) is 16.7 Å². The van der Waals surface area contributed by atoms with Crippen LogP contribution in [0.15, 0.2) is 0 Å². The van der Waals surface area contributed by atoms with Gasteiger partial charge in [0.15, 0.2) is 0 Å². The average Bonchev–Trinajstić information content (AvgIpc) is 2.98. The Balaban J connectivity index is -0.0000000803. The summed E-state index contributed by atoms with van der Waals surface area (Å²) in [5.41, 5.74) is -4.64. The van der Waals surface area contributed by atoms with Gasteiger partial charge >= 0.3 is 55.2 Å². The summed E-state index contributed by atoms with van der Waals surface area (Å²) < 4.78 is 0. The molecule has 26 N–H and O–H groups in total. The maximum atomic E-state index is 10.9. The first-order chi connectivity index (χ1) is 21.9. The summed E-state index contributed by atoms with van der Waals surface area (Å²) in [6.45, 7) is 0. The Morgan fingerprint density at radius 2 is 0.404 bits per heavy atom. The van der Waals surface area contributed by atoms with Gasteiger partial charge in [0.05, 0.1) is 94.9 Å². The Hall–Kier alpha value is -1.11. The summed E-state index contributed by atoms with van der Waals surface area (Å²) in [5, 5.41) is 53.6. The van der Waals surface area contributed by atoms with Crippen molar-refractivity contribution in [2.75, 3.05) is 0 Å². The number of hydrogen-bond donors (Lipinski definition) is 3. The zero-order chi connectivity index (χ0) is 37.9. The van der Waals surface area contributed by atoms with Crippen LogP contribution < -0.4 is 15.3 Å². The molecule has 331 valence electrons. The average molecular weight is 1230 g/mol. The predicted molar refractivity (Wildman–Crippen MR) is 211 cm³/mol. The summed E-state index contributed by atoms with van der Waals surface area (Å²) in [6, 6.07) is 0. The minimum absolute atomic E-state index is 0. The van der Waals surface area contributed by atoms with E-state index in [9.17, 15) is 44.1 Å². The van der Waals surface area contributed by atoms with Crippen LogP contribution in [0.4, 0.5) is 0 Å². The van der Waals surface area contributed by atoms with Crippen LogP contribution in [0.3, 0.4) is 0 Å². The molecular weight excluding hydrogens is 1200 g/mol. The van der Waals surface area contributed by atoms with Gasteiger partial charge in [-0.2, -0.15) is 0 Å². The smallest absolute Gasteiger partial charge is 0.545 e. The standard InChI is InChI=1S/3C8H2Cl4O4.Er.8H2O/c3*9-3-1(7(13)14)2(8(15)16)4(10)6(12)5(3)11;;;;;;;;;/h3*(H,13,14)(H,15,16);;8*1H2/q;;;+3;;;;;;;;/p+4. The minimum Gasteiger partial charge on any atom is -0.545 e. The molecule has 0 aromatic heterocycles. The fraction of sp³-hybridized carbons (Fsp3) is 0. The quantitative estimate of drug-likeness (QED) is 0.164. The van der Waals surface area contributed by atoms with Gasteiger partial charge in [-0.3, -0.25) is 0 Å². The summed E-state index contributed by atoms with van der Waals surface area (Å²) in [5.74, 6) is -10.2. The molecule has 0 amide bonds. The van der Waals surface area contributed by atoms with E-state index in [2.05, 4.69) is 0 Å². The molecule has 0 fully saturated rings. The second kappa shape index (κ2) is 31.7. The number of carboxylic acids is 6. The number of carboxylic acid groups (broad SMARTS) is 6. The SMILES string of the molecule is O.O=C(O)c1c(Cl)c(Cl)c(Cl)c(Cl)c1C(=O)O.O=C([O-])c1c(Cl)c(Cl)c(Cl)c(Cl)c1C(=O)O.O=C([O-])c1c(Cl)c(Cl)c(Cl)c(Cl)c1C(=O)[O-].[Er+3].[OH3+].[OH3+].[OH3+].[OH3+].[OH3+].[OH3+].[OH3+]. The molecule has 57 heavy (non-hydrogen) atoms. The summed E-state index contributed by atoms with van der Waals surface area (Å²) in [6.07, 6.45) is 0. The topological polar surface area (TPSA) is 495 Å². The van der Waals surface area contributed by atoms with Gasteiger partial charge in [-0.25, -0.2) is 14.4 Å². The van der Waals surface area contributed by atoms with Gasteiger partial charge in [0.25, 0.3) is 0 Å². The van der Waals surface area contributed by atoms with Gasteiger partial charge in [-0.15, -0.1) is 0 Å². The number of hydrogen-bond acceptors (Lipinski definition) is 9. The zero-order valence-corrected chi connectivity index (χ0v) is 37.3. The summed E-state index contributed by atoms with van der Waals surface area (Å²) in [7, 11) is 0. The molecule has 0 aliphatic heterocycles. The second-order valence-electron chi connectivity index (χ2n) is 7.80. The van der Waals surface area contributed by atoms with E-state index in [1.165, 1.54) is 0 Å². The number of halogens is 12. The van der Waals surface area contributed by atoms with Crippen molar-refractivity contribution < 1.29 is 141 Å². The molecule has 0 atom stereocenters. The van der Waals surface area contributed by atoms with Crippen molar-refractivity contribution in [1.29, 1.82) is 0 Å². The van der Waals surface area contributed by atoms with Crippen molar-refractivity contribution >= 4 is 175 Å². The molecule has 20 nitrogen and oxygen atoms in total. The van der Waals surface area contributed by atoms with E-state index in [1.54, 1.807) is 0 Å². The first-order valence-electron chi connectivity index (χ1n) is 10.8. The minimum atomic E-state index is -1.84. The largest absolute Gasteiger partial charge is 3.00 e. The number of rotatable bonds is 6. The van der Waals surface area contributed by atoms with Crippen LogP contribution in [0.25, 0.3) is 0 Å². The van der Waals surface area contributed by atoms with Crippen molar-refractivity contribution in [2.24, 2.45) is 0 Å². The Labute approximate surface area is 405 Å². The molecule has 0 aliphatic carbocycles. The molecule has 0 saturated carbocycles. The first-order valence-corrected chi connectivity index (χ1v) is 15.3. The molecule has 1 radical (unpaired) electrons. The van der Waals surface area contributed by atoms with Gasteiger partial charge in [0.2, 0.25) is 0 Å². The van der Waals surface area contributed by atoms with Crippen LogP contribution in [-0.4, -0.2) is 56.6 Å². The van der Waals surface area contributed by atoms with E-state index < -0.39 is 99.3 Å². The molecule has 3 aromatic carbocycles. The van der Waals surface area contributed by atoms with Crippen LogP contribution in [-0.2, 0) is 38.3 Å².